The van der Waals surface area contributed by atoms with Crippen LogP contribution in [-0.2, 0) is 0 Å². The summed E-state index contributed by atoms with van der Waals surface area (Å²) in [5.74, 6) is 5.21. The minimum absolute atomic E-state index is 0.184. The summed E-state index contributed by atoms with van der Waals surface area (Å²) in [5, 5.41) is 2.87. The van der Waals surface area contributed by atoms with Crippen LogP contribution in [0.1, 0.15) is 21.5 Å². The Bertz CT molecular complexity index is 608. The van der Waals surface area contributed by atoms with Gasteiger partial charge in [-0.1, -0.05) is 18.2 Å². The fourth-order valence-corrected chi connectivity index (χ4v) is 1.82. The standard InChI is InChI=1S/C15H17N3O/c1-10-7-8-12(9-11(10)2)17-15(19)13-5-3-4-6-14(13)18-16/h3-9,18H,16H2,1-2H3,(H,17,19). The molecular weight excluding hydrogens is 238 g/mol. The zero-order chi connectivity index (χ0) is 13.8. The molecule has 2 rings (SSSR count). The molecule has 0 unspecified atom stereocenters. The number of nitrogens with two attached hydrogens (primary N) is 1. The van der Waals surface area contributed by atoms with Crippen LogP contribution in [0.15, 0.2) is 42.5 Å². The Labute approximate surface area is 112 Å². The average Bonchev–Trinajstić information content (AvgIpc) is 2.43. The average molecular weight is 255 g/mol. The molecule has 1 amide bonds. The van der Waals surface area contributed by atoms with Crippen molar-refractivity contribution in [3.8, 4) is 0 Å². The van der Waals surface area contributed by atoms with Gasteiger partial charge in [0.05, 0.1) is 11.3 Å². The molecule has 98 valence electrons. The number of aryl methyl sites for hydroxylation is 2. The fourth-order valence-electron chi connectivity index (χ4n) is 1.82. The number of carbonyl (C=O) groups is 1. The molecule has 0 aromatic heterocycles. The molecule has 0 saturated heterocycles. The van der Waals surface area contributed by atoms with E-state index in [1.165, 1.54) is 5.56 Å². The number of para-hydroxylation sites is 1. The second-order valence-corrected chi connectivity index (χ2v) is 4.44. The summed E-state index contributed by atoms with van der Waals surface area (Å²) >= 11 is 0. The first-order valence-corrected chi connectivity index (χ1v) is 6.06. The zero-order valence-electron chi connectivity index (χ0n) is 11.0. The first kappa shape index (κ1) is 13.1. The van der Waals surface area contributed by atoms with Crippen molar-refractivity contribution < 1.29 is 4.79 Å². The van der Waals surface area contributed by atoms with Gasteiger partial charge in [0.15, 0.2) is 0 Å². The van der Waals surface area contributed by atoms with Crippen LogP contribution in [0.3, 0.4) is 0 Å². The SMILES string of the molecule is Cc1ccc(NC(=O)c2ccccc2NN)cc1C. The van der Waals surface area contributed by atoms with Crippen LogP contribution in [0.2, 0.25) is 0 Å². The predicted molar refractivity (Wildman–Crippen MR) is 78.1 cm³/mol. The van der Waals surface area contributed by atoms with E-state index in [0.29, 0.717) is 11.3 Å². The lowest BCUT2D eigenvalue weighted by molar-refractivity contribution is 0.102. The first-order valence-electron chi connectivity index (χ1n) is 6.06. The number of nitrogen functional groups attached to an aromatic ring is 1. The van der Waals surface area contributed by atoms with Crippen LogP contribution in [0.5, 0.6) is 0 Å². The highest BCUT2D eigenvalue weighted by Crippen LogP contribution is 2.18. The molecule has 2 aromatic rings. The van der Waals surface area contributed by atoms with E-state index in [-0.39, 0.29) is 5.91 Å². The van der Waals surface area contributed by atoms with E-state index in [0.717, 1.165) is 11.3 Å². The molecule has 0 spiro atoms. The van der Waals surface area contributed by atoms with E-state index in [1.807, 2.05) is 38.1 Å². The lowest BCUT2D eigenvalue weighted by Gasteiger charge is -2.10. The summed E-state index contributed by atoms with van der Waals surface area (Å²) in [6, 6.07) is 12.9. The Morgan fingerprint density at radius 2 is 1.79 bits per heavy atom. The molecule has 4 nitrogen and oxygen atoms in total. The van der Waals surface area contributed by atoms with Crippen LogP contribution < -0.4 is 16.6 Å². The van der Waals surface area contributed by atoms with E-state index >= 15 is 0 Å². The molecule has 0 aliphatic carbocycles. The largest absolute Gasteiger partial charge is 0.323 e. The van der Waals surface area contributed by atoms with E-state index in [2.05, 4.69) is 10.7 Å². The van der Waals surface area contributed by atoms with Crippen molar-refractivity contribution in [2.24, 2.45) is 5.84 Å². The number of carbonyl (C=O) groups excluding carboxylic acids is 1. The molecule has 4 heteroatoms. The van der Waals surface area contributed by atoms with E-state index < -0.39 is 0 Å². The molecule has 0 saturated carbocycles. The molecule has 0 atom stereocenters. The van der Waals surface area contributed by atoms with Gasteiger partial charge in [0.2, 0.25) is 0 Å². The van der Waals surface area contributed by atoms with Crippen LogP contribution in [0.4, 0.5) is 11.4 Å². The Hall–Kier alpha value is -2.33. The molecule has 2 aromatic carbocycles. The van der Waals surface area contributed by atoms with Crippen molar-refractivity contribution in [1.29, 1.82) is 0 Å². The van der Waals surface area contributed by atoms with Gasteiger partial charge in [0, 0.05) is 5.69 Å². The number of hydrazine groups is 1. The third-order valence-corrected chi connectivity index (χ3v) is 3.09. The third-order valence-electron chi connectivity index (χ3n) is 3.09. The number of anilines is 2. The second kappa shape index (κ2) is 5.54. The zero-order valence-corrected chi connectivity index (χ0v) is 11.0. The maximum absolute atomic E-state index is 12.2. The van der Waals surface area contributed by atoms with Gasteiger partial charge in [-0.15, -0.1) is 0 Å². The van der Waals surface area contributed by atoms with E-state index in [9.17, 15) is 4.79 Å². The highest BCUT2D eigenvalue weighted by molar-refractivity contribution is 6.08. The maximum Gasteiger partial charge on any atom is 0.257 e. The number of hydrogen-bond donors (Lipinski definition) is 3. The van der Waals surface area contributed by atoms with E-state index in [1.54, 1.807) is 18.2 Å². The van der Waals surface area contributed by atoms with Crippen molar-refractivity contribution in [2.45, 2.75) is 13.8 Å². The van der Waals surface area contributed by atoms with E-state index in [4.69, 9.17) is 5.84 Å². The number of nitrogens with one attached hydrogen (secondary N) is 2. The number of benzene rings is 2. The fraction of sp³-hybridized carbons (Fsp3) is 0.133. The molecule has 0 fully saturated rings. The minimum atomic E-state index is -0.184. The lowest BCUT2D eigenvalue weighted by Crippen LogP contribution is -2.17. The third kappa shape index (κ3) is 2.92. The Kier molecular flexibility index (Phi) is 3.82. The van der Waals surface area contributed by atoms with Gasteiger partial charge < -0.3 is 10.7 Å². The number of rotatable bonds is 3. The monoisotopic (exact) mass is 255 g/mol. The van der Waals surface area contributed by atoms with Gasteiger partial charge in [-0.05, 0) is 49.2 Å². The first-order chi connectivity index (χ1) is 9.11. The van der Waals surface area contributed by atoms with Gasteiger partial charge in [-0.3, -0.25) is 10.6 Å². The van der Waals surface area contributed by atoms with Gasteiger partial charge in [-0.25, -0.2) is 0 Å². The second-order valence-electron chi connectivity index (χ2n) is 4.44. The molecular formula is C15H17N3O. The molecule has 0 aliphatic rings. The maximum atomic E-state index is 12.2. The molecule has 19 heavy (non-hydrogen) atoms. The molecule has 0 aliphatic heterocycles. The normalized spacial score (nSPS) is 10.1. The highest BCUT2D eigenvalue weighted by Gasteiger charge is 2.10. The quantitative estimate of drug-likeness (QED) is 0.583. The highest BCUT2D eigenvalue weighted by atomic mass is 16.1. The molecule has 4 N–H and O–H groups in total. The van der Waals surface area contributed by atoms with Gasteiger partial charge in [-0.2, -0.15) is 0 Å². The van der Waals surface area contributed by atoms with Crippen LogP contribution in [0.25, 0.3) is 0 Å². The summed E-state index contributed by atoms with van der Waals surface area (Å²) in [6.07, 6.45) is 0. The number of amides is 1. The van der Waals surface area contributed by atoms with Crippen molar-refractivity contribution >= 4 is 17.3 Å². The molecule has 0 heterocycles. The van der Waals surface area contributed by atoms with Crippen LogP contribution in [-0.4, -0.2) is 5.91 Å². The van der Waals surface area contributed by atoms with Gasteiger partial charge >= 0.3 is 0 Å². The lowest BCUT2D eigenvalue weighted by atomic mass is 10.1. The van der Waals surface area contributed by atoms with Gasteiger partial charge in [0.1, 0.15) is 0 Å². The number of hydrogen-bond acceptors (Lipinski definition) is 3. The van der Waals surface area contributed by atoms with Crippen molar-refractivity contribution in [1.82, 2.24) is 0 Å². The summed E-state index contributed by atoms with van der Waals surface area (Å²) in [5.41, 5.74) is 6.76. The summed E-state index contributed by atoms with van der Waals surface area (Å²) < 4.78 is 0. The summed E-state index contributed by atoms with van der Waals surface area (Å²) in [4.78, 5) is 12.2. The predicted octanol–water partition coefficient (Wildman–Crippen LogP) is 2.84. The topological polar surface area (TPSA) is 67.2 Å². The van der Waals surface area contributed by atoms with Crippen molar-refractivity contribution in [2.75, 3.05) is 10.7 Å². The van der Waals surface area contributed by atoms with Crippen LogP contribution in [0, 0.1) is 13.8 Å². The Morgan fingerprint density at radius 3 is 2.47 bits per heavy atom. The molecule has 0 bridgehead atoms. The minimum Gasteiger partial charge on any atom is -0.323 e. The summed E-state index contributed by atoms with van der Waals surface area (Å²) in [6.45, 7) is 4.05. The smallest absolute Gasteiger partial charge is 0.257 e. The Morgan fingerprint density at radius 1 is 1.05 bits per heavy atom. The summed E-state index contributed by atoms with van der Waals surface area (Å²) in [7, 11) is 0. The van der Waals surface area contributed by atoms with Crippen molar-refractivity contribution in [3.63, 3.8) is 0 Å². The Balaban J connectivity index is 2.23. The van der Waals surface area contributed by atoms with Crippen molar-refractivity contribution in [3.05, 3.63) is 59.2 Å². The molecule has 0 radical (unpaired) electrons. The van der Waals surface area contributed by atoms with Crippen LogP contribution >= 0.6 is 0 Å². The van der Waals surface area contributed by atoms with Gasteiger partial charge in [0.25, 0.3) is 5.91 Å².